The van der Waals surface area contributed by atoms with Crippen LogP contribution in [-0.4, -0.2) is 45.4 Å². The molecule has 1 aromatic heterocycles. The van der Waals surface area contributed by atoms with Gasteiger partial charge in [0.25, 0.3) is 5.91 Å². The zero-order valence-corrected chi connectivity index (χ0v) is 20.0. The predicted molar refractivity (Wildman–Crippen MR) is 126 cm³/mol. The molecule has 0 fully saturated rings. The van der Waals surface area contributed by atoms with E-state index in [9.17, 15) is 18.0 Å². The molecule has 8 nitrogen and oxygen atoms in total. The van der Waals surface area contributed by atoms with E-state index < -0.39 is 21.9 Å². The average molecular weight is 489 g/mol. The van der Waals surface area contributed by atoms with E-state index >= 15 is 0 Å². The van der Waals surface area contributed by atoms with Crippen LogP contribution in [0.2, 0.25) is 0 Å². The van der Waals surface area contributed by atoms with E-state index in [2.05, 4.69) is 5.32 Å². The van der Waals surface area contributed by atoms with Crippen LogP contribution in [-0.2, 0) is 21.3 Å². The van der Waals surface area contributed by atoms with Crippen molar-refractivity contribution in [2.45, 2.75) is 18.4 Å². The Balaban J connectivity index is 1.78. The second-order valence-corrected chi connectivity index (χ2v) is 9.91. The molecule has 0 saturated heterocycles. The number of thiophene rings is 1. The van der Waals surface area contributed by atoms with Gasteiger partial charge in [0.1, 0.15) is 15.5 Å². The Bertz CT molecular complexity index is 1240. The smallest absolute Gasteiger partial charge is 0.338 e. The number of esters is 1. The van der Waals surface area contributed by atoms with Gasteiger partial charge in [-0.2, -0.15) is 4.31 Å². The minimum atomic E-state index is -3.93. The van der Waals surface area contributed by atoms with Gasteiger partial charge in [-0.1, -0.05) is 18.2 Å². The number of methoxy groups -OCH3 is 1. The van der Waals surface area contributed by atoms with Crippen molar-refractivity contribution < 1.29 is 27.5 Å². The fourth-order valence-electron chi connectivity index (χ4n) is 3.03. The van der Waals surface area contributed by atoms with E-state index in [1.54, 1.807) is 61.9 Å². The van der Waals surface area contributed by atoms with Gasteiger partial charge in [0.2, 0.25) is 10.0 Å². The van der Waals surface area contributed by atoms with Crippen LogP contribution in [0.4, 0.5) is 5.69 Å². The van der Waals surface area contributed by atoms with Crippen molar-refractivity contribution in [2.24, 2.45) is 0 Å². The fourth-order valence-corrected chi connectivity index (χ4v) is 5.48. The predicted octanol–water partition coefficient (Wildman–Crippen LogP) is 4.01. The number of rotatable bonds is 9. The summed E-state index contributed by atoms with van der Waals surface area (Å²) < 4.78 is 37.6. The summed E-state index contributed by atoms with van der Waals surface area (Å²) in [5, 5.41) is 4.22. The molecule has 0 atom stereocenters. The first kappa shape index (κ1) is 24.4. The number of ether oxygens (including phenoxy) is 2. The van der Waals surface area contributed by atoms with Gasteiger partial charge in [-0.15, -0.1) is 11.3 Å². The minimum absolute atomic E-state index is 0.0538. The maximum absolute atomic E-state index is 13.2. The molecule has 0 saturated carbocycles. The lowest BCUT2D eigenvalue weighted by Crippen LogP contribution is -2.28. The summed E-state index contributed by atoms with van der Waals surface area (Å²) in [4.78, 5) is 24.8. The molecule has 1 heterocycles. The molecule has 0 aliphatic carbocycles. The average Bonchev–Trinajstić information content (AvgIpc) is 3.31. The highest BCUT2D eigenvalue weighted by molar-refractivity contribution is 7.89. The van der Waals surface area contributed by atoms with Crippen LogP contribution in [0, 0.1) is 0 Å². The highest BCUT2D eigenvalue weighted by atomic mass is 32.2. The molecule has 0 aliphatic rings. The Morgan fingerprint density at radius 1 is 1.09 bits per heavy atom. The highest BCUT2D eigenvalue weighted by Gasteiger charge is 2.28. The number of hydrogen-bond donors (Lipinski definition) is 1. The van der Waals surface area contributed by atoms with E-state index in [0.717, 1.165) is 16.9 Å². The number of carbonyl (C=O) groups excluding carboxylic acids is 2. The molecule has 0 radical (unpaired) electrons. The third kappa shape index (κ3) is 5.78. The zero-order chi connectivity index (χ0) is 24.0. The molecule has 2 aromatic carbocycles. The molecule has 0 aliphatic heterocycles. The van der Waals surface area contributed by atoms with Crippen LogP contribution in [0.25, 0.3) is 0 Å². The van der Waals surface area contributed by atoms with Gasteiger partial charge in [-0.3, -0.25) is 4.79 Å². The number of benzene rings is 2. The van der Waals surface area contributed by atoms with Gasteiger partial charge in [-0.25, -0.2) is 13.2 Å². The molecule has 3 aromatic rings. The van der Waals surface area contributed by atoms with Crippen LogP contribution >= 0.6 is 11.3 Å². The molecule has 0 bridgehead atoms. The fraction of sp³-hybridized carbons (Fsp3) is 0.217. The largest absolute Gasteiger partial charge is 0.497 e. The second kappa shape index (κ2) is 10.6. The first-order valence-corrected chi connectivity index (χ1v) is 12.3. The van der Waals surface area contributed by atoms with Crippen molar-refractivity contribution >= 4 is 38.9 Å². The molecular weight excluding hydrogens is 464 g/mol. The monoisotopic (exact) mass is 488 g/mol. The lowest BCUT2D eigenvalue weighted by molar-refractivity contribution is 0.0526. The van der Waals surface area contributed by atoms with Crippen LogP contribution in [0.15, 0.2) is 64.9 Å². The molecule has 0 unspecified atom stereocenters. The van der Waals surface area contributed by atoms with E-state index in [4.69, 9.17) is 9.47 Å². The highest BCUT2D eigenvalue weighted by Crippen LogP contribution is 2.27. The summed E-state index contributed by atoms with van der Waals surface area (Å²) in [6, 6.07) is 14.7. The summed E-state index contributed by atoms with van der Waals surface area (Å²) in [6.07, 6.45) is 0. The Kier molecular flexibility index (Phi) is 7.85. The van der Waals surface area contributed by atoms with Crippen LogP contribution < -0.4 is 10.1 Å². The number of sulfonamides is 1. The van der Waals surface area contributed by atoms with Gasteiger partial charge in [0, 0.05) is 19.3 Å². The number of amides is 1. The van der Waals surface area contributed by atoms with Crippen molar-refractivity contribution in [3.63, 3.8) is 0 Å². The number of nitrogens with zero attached hydrogens (tertiary/aromatic N) is 1. The van der Waals surface area contributed by atoms with Crippen LogP contribution in [0.1, 0.15) is 32.5 Å². The summed E-state index contributed by atoms with van der Waals surface area (Å²) in [5.41, 5.74) is 1.42. The molecule has 1 amide bonds. The summed E-state index contributed by atoms with van der Waals surface area (Å²) >= 11 is 1.03. The third-order valence-electron chi connectivity index (χ3n) is 4.72. The van der Waals surface area contributed by atoms with Crippen molar-refractivity contribution in [1.29, 1.82) is 0 Å². The van der Waals surface area contributed by atoms with Gasteiger partial charge in [-0.05, 0) is 54.3 Å². The Morgan fingerprint density at radius 2 is 1.82 bits per heavy atom. The summed E-state index contributed by atoms with van der Waals surface area (Å²) in [5.74, 6) is -0.413. The number of nitrogens with one attached hydrogen (secondary N) is 1. The zero-order valence-electron chi connectivity index (χ0n) is 18.4. The first-order valence-electron chi connectivity index (χ1n) is 10.0. The molecule has 0 spiro atoms. The molecular formula is C23H24N2O6S2. The van der Waals surface area contributed by atoms with Gasteiger partial charge < -0.3 is 14.8 Å². The quantitative estimate of drug-likeness (QED) is 0.457. The topological polar surface area (TPSA) is 102 Å². The number of hydrogen-bond acceptors (Lipinski definition) is 7. The Hall–Kier alpha value is -3.21. The van der Waals surface area contributed by atoms with E-state index in [1.165, 1.54) is 23.5 Å². The van der Waals surface area contributed by atoms with Crippen LogP contribution in [0.3, 0.4) is 0 Å². The van der Waals surface area contributed by atoms with Gasteiger partial charge in [0.05, 0.1) is 19.3 Å². The molecule has 33 heavy (non-hydrogen) atoms. The van der Waals surface area contributed by atoms with E-state index in [-0.39, 0.29) is 28.5 Å². The lowest BCUT2D eigenvalue weighted by Gasteiger charge is -2.18. The lowest BCUT2D eigenvalue weighted by atomic mass is 10.2. The van der Waals surface area contributed by atoms with Crippen LogP contribution in [0.5, 0.6) is 5.75 Å². The van der Waals surface area contributed by atoms with Crippen molar-refractivity contribution in [3.05, 3.63) is 76.0 Å². The molecule has 3 rings (SSSR count). The van der Waals surface area contributed by atoms with Crippen molar-refractivity contribution in [3.8, 4) is 5.75 Å². The van der Waals surface area contributed by atoms with Crippen molar-refractivity contribution in [1.82, 2.24) is 4.31 Å². The standard InChI is InChI=1S/C23H24N2O6S2/c1-4-31-23(27)17-6-5-7-18(14-17)24-22(26)21-20(12-13-32-21)33(28,29)25(2)15-16-8-10-19(30-3)11-9-16/h5-14H,4,15H2,1-3H3,(H,24,26). The maximum Gasteiger partial charge on any atom is 0.338 e. The van der Waals surface area contributed by atoms with Gasteiger partial charge >= 0.3 is 5.97 Å². The summed E-state index contributed by atoms with van der Waals surface area (Å²) in [6.45, 7) is 2.06. The number of carbonyl (C=O) groups is 2. The van der Waals surface area contributed by atoms with Crippen molar-refractivity contribution in [2.75, 3.05) is 26.1 Å². The number of anilines is 1. The van der Waals surface area contributed by atoms with E-state index in [0.29, 0.717) is 11.4 Å². The molecule has 1 N–H and O–H groups in total. The third-order valence-corrected chi connectivity index (χ3v) is 7.61. The van der Waals surface area contributed by atoms with Gasteiger partial charge in [0.15, 0.2) is 0 Å². The first-order chi connectivity index (χ1) is 15.8. The SMILES string of the molecule is CCOC(=O)c1cccc(NC(=O)c2sccc2S(=O)(=O)N(C)Cc2ccc(OC)cc2)c1. The maximum atomic E-state index is 13.2. The summed E-state index contributed by atoms with van der Waals surface area (Å²) in [7, 11) is -0.911. The minimum Gasteiger partial charge on any atom is -0.497 e. The van der Waals surface area contributed by atoms with E-state index in [1.807, 2.05) is 0 Å². The Morgan fingerprint density at radius 3 is 2.48 bits per heavy atom. The second-order valence-electron chi connectivity index (χ2n) is 6.98. The molecule has 10 heteroatoms. The Labute approximate surface area is 196 Å². The molecule has 174 valence electrons. The normalized spacial score (nSPS) is 11.3.